The second kappa shape index (κ2) is 10.3. The zero-order valence-electron chi connectivity index (χ0n) is 20.7. The highest BCUT2D eigenvalue weighted by molar-refractivity contribution is 6.07. The summed E-state index contributed by atoms with van der Waals surface area (Å²) in [5.41, 5.74) is 1.32. The predicted molar refractivity (Wildman–Crippen MR) is 130 cm³/mol. The number of hydrogen-bond acceptors (Lipinski definition) is 8. The molecule has 1 saturated heterocycles. The van der Waals surface area contributed by atoms with E-state index in [1.807, 2.05) is 0 Å². The SMILES string of the molecule is COC(=O)c1nn(C2CCOCC2)cc1NC(=O)c1cccc(-c2cnn(C(=O)OC(C)(C)C)c2)c1. The van der Waals surface area contributed by atoms with Crippen LogP contribution in [0.25, 0.3) is 11.1 Å². The Morgan fingerprint density at radius 2 is 1.86 bits per heavy atom. The van der Waals surface area contributed by atoms with Gasteiger partial charge in [0.15, 0.2) is 5.69 Å². The summed E-state index contributed by atoms with van der Waals surface area (Å²) < 4.78 is 18.4. The summed E-state index contributed by atoms with van der Waals surface area (Å²) in [7, 11) is 1.27. The van der Waals surface area contributed by atoms with Crippen LogP contribution in [0.5, 0.6) is 0 Å². The maximum atomic E-state index is 13.1. The summed E-state index contributed by atoms with van der Waals surface area (Å²) in [6.45, 7) is 6.54. The molecule has 36 heavy (non-hydrogen) atoms. The molecule has 0 radical (unpaired) electrons. The molecule has 1 fully saturated rings. The van der Waals surface area contributed by atoms with Crippen molar-refractivity contribution in [1.29, 1.82) is 0 Å². The summed E-state index contributed by atoms with van der Waals surface area (Å²) in [4.78, 5) is 37.7. The maximum absolute atomic E-state index is 13.1. The third kappa shape index (κ3) is 5.80. The van der Waals surface area contributed by atoms with E-state index in [0.29, 0.717) is 29.9 Å². The number of rotatable bonds is 5. The first kappa shape index (κ1) is 25.1. The molecule has 3 heterocycles. The molecule has 0 spiro atoms. The van der Waals surface area contributed by atoms with Crippen molar-refractivity contribution in [3.63, 3.8) is 0 Å². The molecule has 11 nitrogen and oxygen atoms in total. The number of amides is 1. The fraction of sp³-hybridized carbons (Fsp3) is 0.400. The summed E-state index contributed by atoms with van der Waals surface area (Å²) in [6, 6.07) is 6.92. The lowest BCUT2D eigenvalue weighted by Gasteiger charge is -2.22. The lowest BCUT2D eigenvalue weighted by atomic mass is 10.1. The van der Waals surface area contributed by atoms with E-state index in [4.69, 9.17) is 14.2 Å². The van der Waals surface area contributed by atoms with Crippen LogP contribution in [0.4, 0.5) is 10.5 Å². The highest BCUT2D eigenvalue weighted by atomic mass is 16.6. The number of hydrogen-bond donors (Lipinski definition) is 1. The summed E-state index contributed by atoms with van der Waals surface area (Å²) >= 11 is 0. The van der Waals surface area contributed by atoms with Crippen molar-refractivity contribution in [2.75, 3.05) is 25.6 Å². The number of anilines is 1. The average molecular weight is 496 g/mol. The van der Waals surface area contributed by atoms with Gasteiger partial charge < -0.3 is 19.5 Å². The Labute approximate surface area is 208 Å². The Morgan fingerprint density at radius 3 is 2.56 bits per heavy atom. The minimum Gasteiger partial charge on any atom is -0.464 e. The second-order valence-electron chi connectivity index (χ2n) is 9.40. The molecule has 1 aromatic carbocycles. The third-order valence-electron chi connectivity index (χ3n) is 5.55. The van der Waals surface area contributed by atoms with E-state index in [1.165, 1.54) is 13.3 Å². The van der Waals surface area contributed by atoms with Crippen LogP contribution in [-0.4, -0.2) is 63.5 Å². The number of methoxy groups -OCH3 is 1. The Bertz CT molecular complexity index is 1270. The van der Waals surface area contributed by atoms with Crippen molar-refractivity contribution in [2.24, 2.45) is 0 Å². The van der Waals surface area contributed by atoms with Crippen molar-refractivity contribution >= 4 is 23.7 Å². The first-order valence-electron chi connectivity index (χ1n) is 11.6. The molecular formula is C25H29N5O6. The van der Waals surface area contributed by atoms with Gasteiger partial charge in [-0.15, -0.1) is 0 Å². The van der Waals surface area contributed by atoms with E-state index in [-0.39, 0.29) is 17.4 Å². The van der Waals surface area contributed by atoms with Crippen LogP contribution in [0.2, 0.25) is 0 Å². The monoisotopic (exact) mass is 495 g/mol. The highest BCUT2D eigenvalue weighted by Gasteiger charge is 2.24. The number of aromatic nitrogens is 4. The molecule has 1 amide bonds. The van der Waals surface area contributed by atoms with Crippen LogP contribution >= 0.6 is 0 Å². The van der Waals surface area contributed by atoms with Gasteiger partial charge in [0.2, 0.25) is 0 Å². The minimum absolute atomic E-state index is 0.0344. The van der Waals surface area contributed by atoms with Gasteiger partial charge in [-0.1, -0.05) is 12.1 Å². The van der Waals surface area contributed by atoms with Gasteiger partial charge in [0.1, 0.15) is 5.60 Å². The summed E-state index contributed by atoms with van der Waals surface area (Å²) in [5.74, 6) is -1.06. The third-order valence-corrected chi connectivity index (χ3v) is 5.55. The molecular weight excluding hydrogens is 466 g/mol. The van der Waals surface area contributed by atoms with Crippen molar-refractivity contribution < 1.29 is 28.6 Å². The fourth-order valence-corrected chi connectivity index (χ4v) is 3.78. The molecule has 0 bridgehead atoms. The topological polar surface area (TPSA) is 127 Å². The molecule has 0 atom stereocenters. The lowest BCUT2D eigenvalue weighted by molar-refractivity contribution is 0.0513. The van der Waals surface area contributed by atoms with Crippen molar-refractivity contribution in [3.05, 3.63) is 54.1 Å². The Kier molecular flexibility index (Phi) is 7.20. The predicted octanol–water partition coefficient (Wildman–Crippen LogP) is 3.92. The van der Waals surface area contributed by atoms with E-state index in [9.17, 15) is 14.4 Å². The Hall–Kier alpha value is -3.99. The van der Waals surface area contributed by atoms with Crippen LogP contribution < -0.4 is 5.32 Å². The van der Waals surface area contributed by atoms with Gasteiger partial charge in [0.05, 0.1) is 25.0 Å². The molecule has 0 saturated carbocycles. The van der Waals surface area contributed by atoms with E-state index in [0.717, 1.165) is 17.5 Å². The number of esters is 1. The quantitative estimate of drug-likeness (QED) is 0.528. The van der Waals surface area contributed by atoms with Crippen LogP contribution in [0.15, 0.2) is 42.9 Å². The number of benzene rings is 1. The van der Waals surface area contributed by atoms with Gasteiger partial charge in [-0.25, -0.2) is 9.59 Å². The first-order valence-corrected chi connectivity index (χ1v) is 11.6. The Morgan fingerprint density at radius 1 is 1.11 bits per heavy atom. The number of carbonyl (C=O) groups is 3. The van der Waals surface area contributed by atoms with Crippen molar-refractivity contribution in [3.8, 4) is 11.1 Å². The van der Waals surface area contributed by atoms with E-state index >= 15 is 0 Å². The standard InChI is InChI=1S/C25H29N5O6/c1-25(2,3)36-24(33)30-14-18(13-26-30)16-6-5-7-17(12-16)22(31)27-20-15-29(19-8-10-35-11-9-19)28-21(20)23(32)34-4/h5-7,12-15,19H,8-11H2,1-4H3,(H,27,31). The maximum Gasteiger partial charge on any atom is 0.435 e. The molecule has 1 aliphatic heterocycles. The van der Waals surface area contributed by atoms with E-state index in [2.05, 4.69) is 15.5 Å². The van der Waals surface area contributed by atoms with Crippen molar-refractivity contribution in [1.82, 2.24) is 19.6 Å². The molecule has 11 heteroatoms. The van der Waals surface area contributed by atoms with Crippen LogP contribution in [0.1, 0.15) is 60.5 Å². The smallest absolute Gasteiger partial charge is 0.435 e. The largest absolute Gasteiger partial charge is 0.464 e. The molecule has 190 valence electrons. The van der Waals surface area contributed by atoms with Crippen LogP contribution in [0.3, 0.4) is 0 Å². The zero-order valence-corrected chi connectivity index (χ0v) is 20.7. The van der Waals surface area contributed by atoms with Gasteiger partial charge >= 0.3 is 12.1 Å². The van der Waals surface area contributed by atoms with E-state index in [1.54, 1.807) is 62.1 Å². The zero-order chi connectivity index (χ0) is 25.9. The highest BCUT2D eigenvalue weighted by Crippen LogP contribution is 2.26. The van der Waals surface area contributed by atoms with Gasteiger partial charge in [-0.05, 0) is 51.3 Å². The van der Waals surface area contributed by atoms with Gasteiger partial charge in [0, 0.05) is 36.7 Å². The molecule has 2 aromatic heterocycles. The van der Waals surface area contributed by atoms with Gasteiger partial charge in [-0.2, -0.15) is 14.9 Å². The average Bonchev–Trinajstić information content (AvgIpc) is 3.51. The van der Waals surface area contributed by atoms with E-state index < -0.39 is 23.6 Å². The number of carbonyl (C=O) groups excluding carboxylic acids is 3. The molecule has 1 N–H and O–H groups in total. The summed E-state index contributed by atoms with van der Waals surface area (Å²) in [5, 5.41) is 11.2. The first-order chi connectivity index (χ1) is 17.1. The summed E-state index contributed by atoms with van der Waals surface area (Å²) in [6.07, 6.45) is 5.63. The fourth-order valence-electron chi connectivity index (χ4n) is 3.78. The van der Waals surface area contributed by atoms with Crippen LogP contribution in [0, 0.1) is 0 Å². The molecule has 0 unspecified atom stereocenters. The number of ether oxygens (including phenoxy) is 3. The second-order valence-corrected chi connectivity index (χ2v) is 9.40. The van der Waals surface area contributed by atoms with Gasteiger partial charge in [-0.3, -0.25) is 9.48 Å². The Balaban J connectivity index is 1.54. The molecule has 3 aromatic rings. The normalized spacial score (nSPS) is 14.3. The lowest BCUT2D eigenvalue weighted by Crippen LogP contribution is -2.27. The number of nitrogens with one attached hydrogen (secondary N) is 1. The molecule has 4 rings (SSSR count). The number of nitrogens with zero attached hydrogens (tertiary/aromatic N) is 4. The van der Waals surface area contributed by atoms with Gasteiger partial charge in [0.25, 0.3) is 5.91 Å². The molecule has 1 aliphatic rings. The van der Waals surface area contributed by atoms with Crippen LogP contribution in [-0.2, 0) is 14.2 Å². The van der Waals surface area contributed by atoms with Crippen molar-refractivity contribution in [2.45, 2.75) is 45.3 Å². The molecule has 0 aliphatic carbocycles. The minimum atomic E-state index is -0.650.